The summed E-state index contributed by atoms with van der Waals surface area (Å²) in [4.78, 5) is 2.48. The van der Waals surface area contributed by atoms with Gasteiger partial charge in [0.15, 0.2) is 0 Å². The summed E-state index contributed by atoms with van der Waals surface area (Å²) in [7, 11) is 0. The smallest absolute Gasteiger partial charge is 0.0644 e. The Balaban J connectivity index is 0.00000144. The third-order valence-electron chi connectivity index (χ3n) is 4.42. The molecule has 2 aromatic rings. The first-order valence-electron chi connectivity index (χ1n) is 7.95. The average molecular weight is 373 g/mol. The van der Waals surface area contributed by atoms with Gasteiger partial charge in [0, 0.05) is 30.0 Å². The number of nitrogen functional groups attached to an aromatic ring is 1. The number of halogens is 2. The number of nitrogens with two attached hydrogens (primary N) is 1. The highest BCUT2D eigenvalue weighted by Gasteiger charge is 2.23. The Hall–Kier alpha value is -1.27. The largest absolute Gasteiger partial charge is 0.399 e. The highest BCUT2D eigenvalue weighted by Crippen LogP contribution is 2.28. The molecule has 134 valence electrons. The zero-order valence-corrected chi connectivity index (χ0v) is 15.3. The van der Waals surface area contributed by atoms with Crippen LogP contribution in [0.15, 0.2) is 36.5 Å². The molecule has 2 heterocycles. The molecule has 0 aliphatic carbocycles. The summed E-state index contributed by atoms with van der Waals surface area (Å²) < 4.78 is 1.94. The molecular weight excluding hydrogens is 347 g/mol. The van der Waals surface area contributed by atoms with Crippen LogP contribution in [0.2, 0.25) is 0 Å². The molecule has 5 nitrogen and oxygen atoms in total. The van der Waals surface area contributed by atoms with Crippen LogP contribution in [0.5, 0.6) is 0 Å². The molecule has 1 aliphatic heterocycles. The second kappa shape index (κ2) is 9.89. The molecule has 0 saturated carbocycles. The van der Waals surface area contributed by atoms with Crippen LogP contribution in [0.1, 0.15) is 30.0 Å². The van der Waals surface area contributed by atoms with E-state index in [-0.39, 0.29) is 31.4 Å². The molecule has 24 heavy (non-hydrogen) atoms. The maximum atomic E-state index is 9.11. The van der Waals surface area contributed by atoms with Gasteiger partial charge in [-0.3, -0.25) is 9.58 Å². The molecular formula is C17H26Cl2N4O. The first kappa shape index (κ1) is 20.8. The summed E-state index contributed by atoms with van der Waals surface area (Å²) in [6.45, 7) is 3.87. The standard InChI is InChI=1S/C17H24N4O.2ClH/c18-16-3-1-2-14(12-16)13-20-8-5-15(6-9-20)17-4-7-19-21(17)10-11-22;;/h1-4,7,12,15,22H,5-6,8-11,13,18H2;2*1H. The van der Waals surface area contributed by atoms with E-state index < -0.39 is 0 Å². The van der Waals surface area contributed by atoms with Crippen LogP contribution < -0.4 is 5.73 Å². The van der Waals surface area contributed by atoms with Gasteiger partial charge in [-0.2, -0.15) is 5.10 Å². The molecule has 1 aliphatic rings. The predicted octanol–water partition coefficient (Wildman–Crippen LogP) is 2.68. The van der Waals surface area contributed by atoms with Gasteiger partial charge in [-0.25, -0.2) is 0 Å². The fourth-order valence-electron chi connectivity index (χ4n) is 3.31. The minimum atomic E-state index is 0. The van der Waals surface area contributed by atoms with Crippen molar-refractivity contribution in [2.24, 2.45) is 0 Å². The van der Waals surface area contributed by atoms with Gasteiger partial charge >= 0.3 is 0 Å². The van der Waals surface area contributed by atoms with E-state index in [4.69, 9.17) is 10.8 Å². The van der Waals surface area contributed by atoms with E-state index in [1.807, 2.05) is 23.0 Å². The van der Waals surface area contributed by atoms with Gasteiger partial charge < -0.3 is 10.8 Å². The molecule has 0 amide bonds. The van der Waals surface area contributed by atoms with Crippen LogP contribution in [0.3, 0.4) is 0 Å². The molecule has 1 aromatic carbocycles. The fraction of sp³-hybridized carbons (Fsp3) is 0.471. The van der Waals surface area contributed by atoms with Crippen molar-refractivity contribution in [1.82, 2.24) is 14.7 Å². The Kier molecular flexibility index (Phi) is 8.56. The zero-order chi connectivity index (χ0) is 15.4. The quantitative estimate of drug-likeness (QED) is 0.791. The SMILES string of the molecule is Cl.Cl.Nc1cccc(CN2CCC(c3ccnn3CCO)CC2)c1. The van der Waals surface area contributed by atoms with Crippen molar-refractivity contribution in [2.75, 3.05) is 25.4 Å². The van der Waals surface area contributed by atoms with Crippen molar-refractivity contribution in [2.45, 2.75) is 31.8 Å². The molecule has 1 fully saturated rings. The molecule has 3 N–H and O–H groups in total. The van der Waals surface area contributed by atoms with Gasteiger partial charge in [-0.05, 0) is 49.7 Å². The normalized spacial score (nSPS) is 15.5. The number of aliphatic hydroxyl groups excluding tert-OH is 1. The first-order valence-corrected chi connectivity index (χ1v) is 7.95. The molecule has 3 rings (SSSR count). The zero-order valence-electron chi connectivity index (χ0n) is 13.7. The van der Waals surface area contributed by atoms with E-state index in [9.17, 15) is 0 Å². The lowest BCUT2D eigenvalue weighted by molar-refractivity contribution is 0.199. The van der Waals surface area contributed by atoms with E-state index in [1.165, 1.54) is 11.3 Å². The molecule has 0 atom stereocenters. The number of nitrogens with zero attached hydrogens (tertiary/aromatic N) is 3. The van der Waals surface area contributed by atoms with Crippen molar-refractivity contribution in [3.05, 3.63) is 47.8 Å². The molecule has 0 radical (unpaired) electrons. The van der Waals surface area contributed by atoms with Gasteiger partial charge in [-0.15, -0.1) is 24.8 Å². The third kappa shape index (κ3) is 5.11. The van der Waals surface area contributed by atoms with Crippen LogP contribution >= 0.6 is 24.8 Å². The maximum absolute atomic E-state index is 9.11. The Morgan fingerprint density at radius 3 is 2.58 bits per heavy atom. The lowest BCUT2D eigenvalue weighted by Gasteiger charge is -2.32. The van der Waals surface area contributed by atoms with Gasteiger partial charge in [0.25, 0.3) is 0 Å². The van der Waals surface area contributed by atoms with Crippen molar-refractivity contribution in [3.8, 4) is 0 Å². The number of anilines is 1. The van der Waals surface area contributed by atoms with Crippen molar-refractivity contribution >= 4 is 30.5 Å². The predicted molar refractivity (Wildman–Crippen MR) is 102 cm³/mol. The summed E-state index contributed by atoms with van der Waals surface area (Å²) in [5.41, 5.74) is 9.22. The van der Waals surface area contributed by atoms with Gasteiger partial charge in [-0.1, -0.05) is 12.1 Å². The topological polar surface area (TPSA) is 67.3 Å². The average Bonchev–Trinajstić information content (AvgIpc) is 2.97. The lowest BCUT2D eigenvalue weighted by Crippen LogP contribution is -2.33. The monoisotopic (exact) mass is 372 g/mol. The van der Waals surface area contributed by atoms with Crippen molar-refractivity contribution < 1.29 is 5.11 Å². The number of piperidine rings is 1. The van der Waals surface area contributed by atoms with Gasteiger partial charge in [0.05, 0.1) is 13.2 Å². The molecule has 0 bridgehead atoms. The minimum absolute atomic E-state index is 0. The number of aliphatic hydroxyl groups is 1. The summed E-state index contributed by atoms with van der Waals surface area (Å²) in [6, 6.07) is 10.2. The number of aromatic nitrogens is 2. The number of hydrogen-bond acceptors (Lipinski definition) is 4. The summed E-state index contributed by atoms with van der Waals surface area (Å²) in [5, 5.41) is 13.4. The van der Waals surface area contributed by atoms with Crippen LogP contribution in [-0.2, 0) is 13.1 Å². The Morgan fingerprint density at radius 1 is 1.17 bits per heavy atom. The fourth-order valence-corrected chi connectivity index (χ4v) is 3.31. The third-order valence-corrected chi connectivity index (χ3v) is 4.42. The Bertz CT molecular complexity index is 612. The second-order valence-corrected chi connectivity index (χ2v) is 6.00. The molecule has 1 saturated heterocycles. The van der Waals surface area contributed by atoms with E-state index in [1.54, 1.807) is 0 Å². The molecule has 0 unspecified atom stereocenters. The summed E-state index contributed by atoms with van der Waals surface area (Å²) in [5.74, 6) is 0.547. The summed E-state index contributed by atoms with van der Waals surface area (Å²) >= 11 is 0. The number of benzene rings is 1. The highest BCUT2D eigenvalue weighted by atomic mass is 35.5. The van der Waals surface area contributed by atoms with Crippen LogP contribution in [0, 0.1) is 0 Å². The summed E-state index contributed by atoms with van der Waals surface area (Å²) in [6.07, 6.45) is 4.11. The molecule has 0 spiro atoms. The first-order chi connectivity index (χ1) is 10.8. The van der Waals surface area contributed by atoms with Crippen LogP contribution in [0.4, 0.5) is 5.69 Å². The maximum Gasteiger partial charge on any atom is 0.0644 e. The number of likely N-dealkylation sites (tertiary alicyclic amines) is 1. The molecule has 7 heteroatoms. The number of rotatable bonds is 5. The van der Waals surface area contributed by atoms with E-state index in [0.717, 1.165) is 38.2 Å². The Labute approximate surface area is 155 Å². The Morgan fingerprint density at radius 2 is 1.92 bits per heavy atom. The van der Waals surface area contributed by atoms with Crippen molar-refractivity contribution in [3.63, 3.8) is 0 Å². The van der Waals surface area contributed by atoms with Crippen LogP contribution in [-0.4, -0.2) is 39.5 Å². The second-order valence-electron chi connectivity index (χ2n) is 6.00. The minimum Gasteiger partial charge on any atom is -0.399 e. The van der Waals surface area contributed by atoms with Crippen LogP contribution in [0.25, 0.3) is 0 Å². The van der Waals surface area contributed by atoms with E-state index in [0.29, 0.717) is 12.5 Å². The van der Waals surface area contributed by atoms with Gasteiger partial charge in [0.2, 0.25) is 0 Å². The van der Waals surface area contributed by atoms with Gasteiger partial charge in [0.1, 0.15) is 0 Å². The lowest BCUT2D eigenvalue weighted by atomic mass is 9.93. The van der Waals surface area contributed by atoms with Crippen molar-refractivity contribution in [1.29, 1.82) is 0 Å². The van der Waals surface area contributed by atoms with E-state index in [2.05, 4.69) is 28.2 Å². The number of hydrogen-bond donors (Lipinski definition) is 2. The highest BCUT2D eigenvalue weighted by molar-refractivity contribution is 5.85. The molecule has 1 aromatic heterocycles. The van der Waals surface area contributed by atoms with E-state index >= 15 is 0 Å².